The van der Waals surface area contributed by atoms with Gasteiger partial charge in [0.1, 0.15) is 0 Å². The first-order valence-electron chi connectivity index (χ1n) is 7.65. The van der Waals surface area contributed by atoms with Gasteiger partial charge in [0.15, 0.2) is 0 Å². The van der Waals surface area contributed by atoms with E-state index in [4.69, 9.17) is 33.7 Å². The average molecular weight is 380 g/mol. The van der Waals surface area contributed by atoms with E-state index in [1.165, 1.54) is 0 Å². The number of hydrogen-bond donors (Lipinski definition) is 1. The van der Waals surface area contributed by atoms with Crippen LogP contribution in [-0.4, -0.2) is 36.6 Å². The maximum atomic E-state index is 12.7. The quantitative estimate of drug-likeness (QED) is 0.859. The second-order valence-corrected chi connectivity index (χ2v) is 6.85. The molecule has 1 aromatic rings. The molecule has 2 aliphatic heterocycles. The van der Waals surface area contributed by atoms with Crippen molar-refractivity contribution in [1.82, 2.24) is 4.90 Å². The molecule has 0 saturated carbocycles. The van der Waals surface area contributed by atoms with Crippen LogP contribution in [0.15, 0.2) is 12.1 Å². The zero-order valence-corrected chi connectivity index (χ0v) is 15.1. The van der Waals surface area contributed by atoms with Crippen molar-refractivity contribution < 1.29 is 9.53 Å². The number of hydrogen-bond acceptors (Lipinski definition) is 3. The van der Waals surface area contributed by atoms with Crippen LogP contribution < -0.4 is 5.73 Å². The summed E-state index contributed by atoms with van der Waals surface area (Å²) in [5.41, 5.74) is 8.32. The zero-order valence-electron chi connectivity index (χ0n) is 12.8. The van der Waals surface area contributed by atoms with Crippen molar-refractivity contribution in [3.63, 3.8) is 0 Å². The summed E-state index contributed by atoms with van der Waals surface area (Å²) < 4.78 is 5.34. The van der Waals surface area contributed by atoms with Gasteiger partial charge in [0.2, 0.25) is 5.91 Å². The Morgan fingerprint density at radius 1 is 1.30 bits per heavy atom. The molecule has 0 aromatic heterocycles. The van der Waals surface area contributed by atoms with Gasteiger partial charge in [-0.1, -0.05) is 23.2 Å². The molecular weight excluding hydrogens is 359 g/mol. The lowest BCUT2D eigenvalue weighted by molar-refractivity contribution is -0.135. The van der Waals surface area contributed by atoms with E-state index in [1.807, 2.05) is 11.0 Å². The third-order valence-corrected chi connectivity index (χ3v) is 5.18. The Kier molecular flexibility index (Phi) is 6.57. The highest BCUT2D eigenvalue weighted by Crippen LogP contribution is 2.30. The summed E-state index contributed by atoms with van der Waals surface area (Å²) in [5.74, 6) is 0.229. The predicted molar refractivity (Wildman–Crippen MR) is 94.3 cm³/mol. The van der Waals surface area contributed by atoms with Crippen molar-refractivity contribution >= 4 is 41.5 Å². The molecule has 7 heteroatoms. The van der Waals surface area contributed by atoms with Gasteiger partial charge in [0.05, 0.1) is 6.04 Å². The fraction of sp³-hybridized carbons (Fsp3) is 0.562. The van der Waals surface area contributed by atoms with E-state index in [0.29, 0.717) is 36.3 Å². The van der Waals surface area contributed by atoms with E-state index in [-0.39, 0.29) is 24.2 Å². The normalized spacial score (nSPS) is 19.7. The zero-order chi connectivity index (χ0) is 15.7. The molecule has 23 heavy (non-hydrogen) atoms. The third kappa shape index (κ3) is 4.12. The number of carbonyl (C=O) groups is 1. The number of carbonyl (C=O) groups excluding carboxylic acids is 1. The number of nitrogens with two attached hydrogens (primary N) is 1. The second kappa shape index (κ2) is 8.04. The Balaban J connectivity index is 0.00000192. The first-order valence-corrected chi connectivity index (χ1v) is 8.41. The van der Waals surface area contributed by atoms with Gasteiger partial charge in [-0.2, -0.15) is 0 Å². The van der Waals surface area contributed by atoms with Crippen LogP contribution in [0.25, 0.3) is 0 Å². The highest BCUT2D eigenvalue weighted by molar-refractivity contribution is 6.35. The number of nitrogens with zero attached hydrogens (tertiary/aromatic N) is 1. The molecule has 3 rings (SSSR count). The van der Waals surface area contributed by atoms with Gasteiger partial charge in [-0.3, -0.25) is 4.79 Å². The van der Waals surface area contributed by atoms with E-state index in [2.05, 4.69) is 0 Å². The summed E-state index contributed by atoms with van der Waals surface area (Å²) >= 11 is 12.3. The SMILES string of the molecule is Cl.NC(C(=O)N1CCc2cc(Cl)cc(Cl)c2C1)C1CCOCC1. The van der Waals surface area contributed by atoms with Crippen LogP contribution in [0.5, 0.6) is 0 Å². The molecule has 0 aliphatic carbocycles. The maximum absolute atomic E-state index is 12.7. The number of benzene rings is 1. The topological polar surface area (TPSA) is 55.6 Å². The number of fused-ring (bicyclic) bond motifs is 1. The molecule has 1 fully saturated rings. The minimum absolute atomic E-state index is 0. The summed E-state index contributed by atoms with van der Waals surface area (Å²) in [5, 5.41) is 1.27. The highest BCUT2D eigenvalue weighted by atomic mass is 35.5. The lowest BCUT2D eigenvalue weighted by Gasteiger charge is -2.34. The Morgan fingerprint density at radius 2 is 2.00 bits per heavy atom. The lowest BCUT2D eigenvalue weighted by Crippen LogP contribution is -2.50. The molecule has 1 amide bonds. The van der Waals surface area contributed by atoms with Crippen molar-refractivity contribution in [2.45, 2.75) is 31.8 Å². The van der Waals surface area contributed by atoms with Crippen LogP contribution in [0.1, 0.15) is 24.0 Å². The van der Waals surface area contributed by atoms with Crippen molar-refractivity contribution in [2.75, 3.05) is 19.8 Å². The second-order valence-electron chi connectivity index (χ2n) is 6.01. The van der Waals surface area contributed by atoms with Gasteiger partial charge >= 0.3 is 0 Å². The summed E-state index contributed by atoms with van der Waals surface area (Å²) in [7, 11) is 0. The summed E-state index contributed by atoms with van der Waals surface area (Å²) in [4.78, 5) is 14.5. The molecule has 0 spiro atoms. The van der Waals surface area contributed by atoms with Gasteiger partial charge in [0.25, 0.3) is 0 Å². The number of halogens is 3. The molecule has 2 aliphatic rings. The standard InChI is InChI=1S/C16H20Cl2N2O2.ClH/c17-12-7-11-1-4-20(9-13(11)14(18)8-12)16(21)15(19)10-2-5-22-6-3-10;/h7-8,10,15H,1-6,9,19H2;1H. The minimum Gasteiger partial charge on any atom is -0.381 e. The lowest BCUT2D eigenvalue weighted by atomic mass is 9.90. The molecule has 0 radical (unpaired) electrons. The molecule has 1 saturated heterocycles. The number of amides is 1. The summed E-state index contributed by atoms with van der Waals surface area (Å²) in [6, 6.07) is 3.22. The monoisotopic (exact) mass is 378 g/mol. The van der Waals surface area contributed by atoms with Crippen LogP contribution in [0, 0.1) is 5.92 Å². The summed E-state index contributed by atoms with van der Waals surface area (Å²) in [6.07, 6.45) is 2.48. The first-order chi connectivity index (χ1) is 10.6. The first kappa shape index (κ1) is 18.8. The third-order valence-electron chi connectivity index (χ3n) is 4.62. The Bertz CT molecular complexity index is 577. The molecule has 128 valence electrons. The van der Waals surface area contributed by atoms with E-state index in [0.717, 1.165) is 30.4 Å². The minimum atomic E-state index is -0.448. The Morgan fingerprint density at radius 3 is 2.70 bits per heavy atom. The number of rotatable bonds is 2. The van der Waals surface area contributed by atoms with Crippen molar-refractivity contribution in [3.8, 4) is 0 Å². The molecule has 1 unspecified atom stereocenters. The molecule has 1 aromatic carbocycles. The van der Waals surface area contributed by atoms with Crippen LogP contribution in [0.4, 0.5) is 0 Å². The highest BCUT2D eigenvalue weighted by Gasteiger charge is 2.32. The molecule has 2 N–H and O–H groups in total. The molecule has 2 heterocycles. The van der Waals surface area contributed by atoms with Gasteiger partial charge in [0, 0.05) is 36.3 Å². The molecule has 1 atom stereocenters. The van der Waals surface area contributed by atoms with Crippen LogP contribution in [0.2, 0.25) is 10.0 Å². The van der Waals surface area contributed by atoms with Gasteiger partial charge < -0.3 is 15.4 Å². The van der Waals surface area contributed by atoms with E-state index in [1.54, 1.807) is 6.07 Å². The van der Waals surface area contributed by atoms with Gasteiger partial charge in [-0.25, -0.2) is 0 Å². The van der Waals surface area contributed by atoms with Crippen molar-refractivity contribution in [3.05, 3.63) is 33.3 Å². The maximum Gasteiger partial charge on any atom is 0.240 e. The molecule has 4 nitrogen and oxygen atoms in total. The predicted octanol–water partition coefficient (Wildman–Crippen LogP) is 3.05. The van der Waals surface area contributed by atoms with E-state index >= 15 is 0 Å². The van der Waals surface area contributed by atoms with Crippen LogP contribution in [-0.2, 0) is 22.5 Å². The van der Waals surface area contributed by atoms with Gasteiger partial charge in [-0.05, 0) is 48.4 Å². The van der Waals surface area contributed by atoms with E-state index < -0.39 is 6.04 Å². The fourth-order valence-electron chi connectivity index (χ4n) is 3.26. The van der Waals surface area contributed by atoms with Crippen LogP contribution >= 0.6 is 35.6 Å². The smallest absolute Gasteiger partial charge is 0.240 e. The van der Waals surface area contributed by atoms with Crippen molar-refractivity contribution in [1.29, 1.82) is 0 Å². The Labute approximate surface area is 152 Å². The average Bonchev–Trinajstić information content (AvgIpc) is 2.54. The largest absolute Gasteiger partial charge is 0.381 e. The number of ether oxygens (including phenoxy) is 1. The van der Waals surface area contributed by atoms with E-state index in [9.17, 15) is 4.79 Å². The Hall–Kier alpha value is -0.520. The fourth-order valence-corrected chi connectivity index (χ4v) is 3.85. The molecule has 0 bridgehead atoms. The van der Waals surface area contributed by atoms with Crippen LogP contribution in [0.3, 0.4) is 0 Å². The van der Waals surface area contributed by atoms with Crippen molar-refractivity contribution in [2.24, 2.45) is 11.7 Å². The van der Waals surface area contributed by atoms with Gasteiger partial charge in [-0.15, -0.1) is 12.4 Å². The summed E-state index contributed by atoms with van der Waals surface area (Å²) in [6.45, 7) is 2.57. The molecular formula is C16H21Cl3N2O2.